The molecule has 2 heterocycles. The number of carboxylic acids is 1. The Hall–Kier alpha value is -1.62. The van der Waals surface area contributed by atoms with Crippen LogP contribution in [0.2, 0.25) is 0 Å². The summed E-state index contributed by atoms with van der Waals surface area (Å²) in [4.78, 5) is 18.4. The van der Waals surface area contributed by atoms with E-state index in [0.717, 1.165) is 63.1 Å². The first-order valence-electron chi connectivity index (χ1n) is 7.96. The van der Waals surface area contributed by atoms with Crippen molar-refractivity contribution in [2.45, 2.75) is 38.5 Å². The van der Waals surface area contributed by atoms with Crippen LogP contribution in [0.4, 0.5) is 5.82 Å². The lowest BCUT2D eigenvalue weighted by atomic mass is 9.95. The molecule has 5 nitrogen and oxygen atoms in total. The predicted molar refractivity (Wildman–Crippen MR) is 82.0 cm³/mol. The molecule has 0 spiro atoms. The van der Waals surface area contributed by atoms with E-state index in [-0.39, 0.29) is 0 Å². The van der Waals surface area contributed by atoms with Crippen molar-refractivity contribution in [2.75, 3.05) is 31.5 Å². The minimum absolute atomic E-state index is 0.317. The summed E-state index contributed by atoms with van der Waals surface area (Å²) in [5.41, 5.74) is 2.51. The zero-order valence-electron chi connectivity index (χ0n) is 12.4. The zero-order chi connectivity index (χ0) is 14.7. The number of rotatable bonds is 5. The number of hydrogen-bond donors (Lipinski definition) is 2. The molecule has 1 aromatic rings. The van der Waals surface area contributed by atoms with Crippen molar-refractivity contribution in [3.63, 3.8) is 0 Å². The highest BCUT2D eigenvalue weighted by Crippen LogP contribution is 2.24. The van der Waals surface area contributed by atoms with E-state index in [9.17, 15) is 9.90 Å². The van der Waals surface area contributed by atoms with Crippen LogP contribution in [0.3, 0.4) is 0 Å². The van der Waals surface area contributed by atoms with Crippen LogP contribution in [0.15, 0.2) is 6.07 Å². The van der Waals surface area contributed by atoms with E-state index in [2.05, 4.69) is 15.2 Å². The Morgan fingerprint density at radius 2 is 2.00 bits per heavy atom. The number of aryl methyl sites for hydroxylation is 2. The molecule has 5 heteroatoms. The molecule has 0 unspecified atom stereocenters. The first kappa shape index (κ1) is 14.3. The number of hydrogen-bond acceptors (Lipinski definition) is 4. The van der Waals surface area contributed by atoms with E-state index < -0.39 is 5.97 Å². The second kappa shape index (κ2) is 6.43. The zero-order valence-corrected chi connectivity index (χ0v) is 12.4. The molecule has 1 aromatic heterocycles. The van der Waals surface area contributed by atoms with Crippen LogP contribution in [-0.2, 0) is 12.8 Å². The minimum Gasteiger partial charge on any atom is -0.478 e. The first-order valence-corrected chi connectivity index (χ1v) is 7.96. The molecular weight excluding hydrogens is 266 g/mol. The number of likely N-dealkylation sites (tertiary alicyclic amines) is 1. The van der Waals surface area contributed by atoms with Crippen LogP contribution < -0.4 is 5.32 Å². The average Bonchev–Trinajstić information content (AvgIpc) is 2.99. The highest BCUT2D eigenvalue weighted by atomic mass is 16.4. The Morgan fingerprint density at radius 1 is 1.24 bits per heavy atom. The van der Waals surface area contributed by atoms with Crippen molar-refractivity contribution < 1.29 is 9.90 Å². The summed E-state index contributed by atoms with van der Waals surface area (Å²) in [5, 5.41) is 12.6. The van der Waals surface area contributed by atoms with Crippen molar-refractivity contribution in [1.29, 1.82) is 0 Å². The fourth-order valence-electron chi connectivity index (χ4n) is 3.27. The van der Waals surface area contributed by atoms with E-state index in [1.54, 1.807) is 0 Å². The molecule has 1 fully saturated rings. The van der Waals surface area contributed by atoms with E-state index >= 15 is 0 Å². The highest BCUT2D eigenvalue weighted by Gasteiger charge is 2.19. The van der Waals surface area contributed by atoms with Crippen LogP contribution in [0, 0.1) is 0 Å². The van der Waals surface area contributed by atoms with Gasteiger partial charge >= 0.3 is 5.97 Å². The second-order valence-electron chi connectivity index (χ2n) is 5.98. The van der Waals surface area contributed by atoms with Gasteiger partial charge in [0.2, 0.25) is 0 Å². The van der Waals surface area contributed by atoms with Crippen molar-refractivity contribution in [2.24, 2.45) is 0 Å². The van der Waals surface area contributed by atoms with E-state index in [1.165, 1.54) is 12.8 Å². The molecule has 1 aliphatic carbocycles. The Balaban J connectivity index is 1.71. The molecule has 0 aromatic carbocycles. The van der Waals surface area contributed by atoms with Crippen molar-refractivity contribution in [1.82, 2.24) is 9.88 Å². The molecule has 0 amide bonds. The standard InChI is InChI=1S/C16H23N3O2/c20-16(21)13-11-12-5-1-2-6-14(12)18-15(13)17-7-10-19-8-3-4-9-19/h11H,1-10H2,(H,17,18)(H,20,21). The van der Waals surface area contributed by atoms with Gasteiger partial charge in [0.15, 0.2) is 0 Å². The summed E-state index contributed by atoms with van der Waals surface area (Å²) < 4.78 is 0. The molecule has 0 atom stereocenters. The molecule has 2 aliphatic rings. The minimum atomic E-state index is -0.889. The van der Waals surface area contributed by atoms with Gasteiger partial charge in [-0.25, -0.2) is 9.78 Å². The number of pyridine rings is 1. The molecule has 0 bridgehead atoms. The fraction of sp³-hybridized carbons (Fsp3) is 0.625. The Bertz CT molecular complexity index is 524. The van der Waals surface area contributed by atoms with E-state index in [4.69, 9.17) is 0 Å². The molecule has 0 radical (unpaired) electrons. The third kappa shape index (κ3) is 3.35. The lowest BCUT2D eigenvalue weighted by Crippen LogP contribution is -2.27. The monoisotopic (exact) mass is 289 g/mol. The molecule has 2 N–H and O–H groups in total. The van der Waals surface area contributed by atoms with Crippen molar-refractivity contribution in [3.05, 3.63) is 22.9 Å². The Labute approximate surface area is 125 Å². The number of carbonyl (C=O) groups is 1. The summed E-state index contributed by atoms with van der Waals surface area (Å²) in [7, 11) is 0. The number of aromatic nitrogens is 1. The second-order valence-corrected chi connectivity index (χ2v) is 5.98. The normalized spacial score (nSPS) is 18.5. The van der Waals surface area contributed by atoms with Gasteiger partial charge in [0.25, 0.3) is 0 Å². The van der Waals surface area contributed by atoms with Crippen LogP contribution in [0.25, 0.3) is 0 Å². The number of fused-ring (bicyclic) bond motifs is 1. The SMILES string of the molecule is O=C(O)c1cc2c(nc1NCCN1CCCC1)CCCC2. The Kier molecular flexibility index (Phi) is 4.39. The maximum Gasteiger partial charge on any atom is 0.339 e. The molecule has 1 saturated heterocycles. The third-order valence-electron chi connectivity index (χ3n) is 4.45. The van der Waals surface area contributed by atoms with Gasteiger partial charge in [0, 0.05) is 18.8 Å². The van der Waals surface area contributed by atoms with Crippen LogP contribution in [0.5, 0.6) is 0 Å². The summed E-state index contributed by atoms with van der Waals surface area (Å²) >= 11 is 0. The van der Waals surface area contributed by atoms with E-state index in [1.807, 2.05) is 6.07 Å². The van der Waals surface area contributed by atoms with Gasteiger partial charge in [-0.2, -0.15) is 0 Å². The molecule has 1 aliphatic heterocycles. The van der Waals surface area contributed by atoms with Crippen LogP contribution in [0.1, 0.15) is 47.3 Å². The molecular formula is C16H23N3O2. The Morgan fingerprint density at radius 3 is 2.76 bits per heavy atom. The van der Waals surface area contributed by atoms with Crippen LogP contribution in [-0.4, -0.2) is 47.1 Å². The summed E-state index contributed by atoms with van der Waals surface area (Å²) in [6.45, 7) is 4.03. The van der Waals surface area contributed by atoms with Gasteiger partial charge in [-0.15, -0.1) is 0 Å². The largest absolute Gasteiger partial charge is 0.478 e. The number of carboxylic acid groups (broad SMARTS) is 1. The maximum absolute atomic E-state index is 11.4. The third-order valence-corrected chi connectivity index (χ3v) is 4.45. The number of anilines is 1. The van der Waals surface area contributed by atoms with Crippen LogP contribution >= 0.6 is 0 Å². The van der Waals surface area contributed by atoms with Gasteiger partial charge in [0.1, 0.15) is 11.4 Å². The number of nitrogens with zero attached hydrogens (tertiary/aromatic N) is 2. The van der Waals surface area contributed by atoms with Gasteiger partial charge in [-0.05, 0) is 63.2 Å². The predicted octanol–water partition coefficient (Wildman–Crippen LogP) is 2.17. The quantitative estimate of drug-likeness (QED) is 0.869. The smallest absolute Gasteiger partial charge is 0.339 e. The maximum atomic E-state index is 11.4. The highest BCUT2D eigenvalue weighted by molar-refractivity contribution is 5.93. The summed E-state index contributed by atoms with van der Waals surface area (Å²) in [6, 6.07) is 1.82. The molecule has 114 valence electrons. The molecule has 3 rings (SSSR count). The summed E-state index contributed by atoms with van der Waals surface area (Å²) in [6.07, 6.45) is 6.76. The van der Waals surface area contributed by atoms with E-state index in [0.29, 0.717) is 11.4 Å². The summed E-state index contributed by atoms with van der Waals surface area (Å²) in [5.74, 6) is -0.345. The molecule has 21 heavy (non-hydrogen) atoms. The lowest BCUT2D eigenvalue weighted by molar-refractivity contribution is 0.0697. The number of aromatic carboxylic acids is 1. The molecule has 0 saturated carbocycles. The topological polar surface area (TPSA) is 65.5 Å². The van der Waals surface area contributed by atoms with Gasteiger partial charge in [-0.3, -0.25) is 0 Å². The van der Waals surface area contributed by atoms with Gasteiger partial charge in [0.05, 0.1) is 0 Å². The average molecular weight is 289 g/mol. The van der Waals surface area contributed by atoms with Gasteiger partial charge in [-0.1, -0.05) is 0 Å². The fourth-order valence-corrected chi connectivity index (χ4v) is 3.27. The van der Waals surface area contributed by atoms with Crippen molar-refractivity contribution in [3.8, 4) is 0 Å². The van der Waals surface area contributed by atoms with Gasteiger partial charge < -0.3 is 15.3 Å². The number of nitrogens with one attached hydrogen (secondary N) is 1. The first-order chi connectivity index (χ1) is 10.2. The van der Waals surface area contributed by atoms with Crippen molar-refractivity contribution >= 4 is 11.8 Å². The lowest BCUT2D eigenvalue weighted by Gasteiger charge is -2.19.